The Kier molecular flexibility index (Phi) is 7.54. The van der Waals surface area contributed by atoms with Crippen LogP contribution in [0.15, 0.2) is 212 Å². The first-order chi connectivity index (χ1) is 30.8. The molecule has 0 amide bonds. The molecule has 0 aliphatic rings. The molecule has 3 heterocycles. The van der Waals surface area contributed by atoms with Crippen molar-refractivity contribution in [3.05, 3.63) is 212 Å². The summed E-state index contributed by atoms with van der Waals surface area (Å²) < 4.78 is 4.44. The van der Waals surface area contributed by atoms with Gasteiger partial charge in [-0.3, -0.25) is 9.13 Å². The lowest BCUT2D eigenvalue weighted by atomic mass is 9.93. The van der Waals surface area contributed by atoms with E-state index in [1.165, 1.54) is 26.9 Å². The first-order valence-corrected chi connectivity index (χ1v) is 21.0. The summed E-state index contributed by atoms with van der Waals surface area (Å²) in [7, 11) is 0. The van der Waals surface area contributed by atoms with E-state index in [0.29, 0.717) is 17.7 Å². The smallest absolute Gasteiger partial charge is 0.240 e. The lowest BCUT2D eigenvalue weighted by molar-refractivity contribution is 0.893. The molecule has 0 atom stereocenters. The Morgan fingerprint density at radius 1 is 0.258 bits per heavy atom. The molecule has 62 heavy (non-hydrogen) atoms. The van der Waals surface area contributed by atoms with E-state index < -0.39 is 0 Å². The fourth-order valence-corrected chi connectivity index (χ4v) is 9.92. The van der Waals surface area contributed by atoms with Crippen LogP contribution < -0.4 is 0 Å². The maximum atomic E-state index is 5.51. The highest BCUT2D eigenvalue weighted by Crippen LogP contribution is 2.42. The number of nitrogens with zero attached hydrogens (tertiary/aromatic N) is 5. The minimum absolute atomic E-state index is 0.551. The van der Waals surface area contributed by atoms with Gasteiger partial charge in [0.25, 0.3) is 0 Å². The maximum Gasteiger partial charge on any atom is 0.240 e. The molecule has 0 bridgehead atoms. The molecule has 0 aliphatic carbocycles. The van der Waals surface area contributed by atoms with Gasteiger partial charge in [0.15, 0.2) is 5.82 Å². The van der Waals surface area contributed by atoms with E-state index in [-0.39, 0.29) is 0 Å². The van der Waals surface area contributed by atoms with E-state index in [9.17, 15) is 0 Å². The lowest BCUT2D eigenvalue weighted by Crippen LogP contribution is -2.10. The molecule has 5 heteroatoms. The van der Waals surface area contributed by atoms with Crippen LogP contribution in [0.3, 0.4) is 0 Å². The Morgan fingerprint density at radius 3 is 1.13 bits per heavy atom. The molecule has 0 radical (unpaired) electrons. The average Bonchev–Trinajstić information content (AvgIpc) is 3.88. The second kappa shape index (κ2) is 13.6. The third-order valence-electron chi connectivity index (χ3n) is 12.6. The van der Waals surface area contributed by atoms with E-state index in [1.807, 2.05) is 0 Å². The number of fused-ring (bicyclic) bond motifs is 12. The molecule has 0 fully saturated rings. The topological polar surface area (TPSA) is 48.5 Å². The summed E-state index contributed by atoms with van der Waals surface area (Å²) in [5.74, 6) is 1.70. The Labute approximate surface area is 356 Å². The van der Waals surface area contributed by atoms with Crippen molar-refractivity contribution in [2.75, 3.05) is 0 Å². The summed E-state index contributed by atoms with van der Waals surface area (Å²) in [6.45, 7) is 0. The Morgan fingerprint density at radius 2 is 0.645 bits per heavy atom. The van der Waals surface area contributed by atoms with Crippen LogP contribution in [-0.4, -0.2) is 24.1 Å². The Balaban J connectivity index is 1.14. The van der Waals surface area contributed by atoms with E-state index in [4.69, 9.17) is 15.0 Å². The minimum atomic E-state index is 0.551. The largest absolute Gasteiger partial charge is 0.278 e. The molecule has 5 nitrogen and oxygen atoms in total. The van der Waals surface area contributed by atoms with Gasteiger partial charge in [-0.1, -0.05) is 182 Å². The van der Waals surface area contributed by atoms with Crippen molar-refractivity contribution < 1.29 is 0 Å². The predicted molar refractivity (Wildman–Crippen MR) is 257 cm³/mol. The van der Waals surface area contributed by atoms with Gasteiger partial charge in [0.05, 0.1) is 22.1 Å². The third-order valence-corrected chi connectivity index (χ3v) is 12.6. The lowest BCUT2D eigenvalue weighted by Gasteiger charge is -2.14. The van der Waals surface area contributed by atoms with Crippen LogP contribution in [0.4, 0.5) is 0 Å². The highest BCUT2D eigenvalue weighted by molar-refractivity contribution is 6.26. The highest BCUT2D eigenvalue weighted by atomic mass is 15.3. The quantitative estimate of drug-likeness (QED) is 0.163. The van der Waals surface area contributed by atoms with E-state index >= 15 is 0 Å². The van der Waals surface area contributed by atoms with Gasteiger partial charge in [-0.05, 0) is 84.9 Å². The zero-order chi connectivity index (χ0) is 40.7. The minimum Gasteiger partial charge on any atom is -0.278 e. The van der Waals surface area contributed by atoms with Crippen molar-refractivity contribution >= 4 is 75.9 Å². The van der Waals surface area contributed by atoms with Gasteiger partial charge in [-0.2, -0.15) is 15.0 Å². The maximum absolute atomic E-state index is 5.51. The molecule has 3 aromatic heterocycles. The second-order valence-corrected chi connectivity index (χ2v) is 15.9. The Bertz CT molecular complexity index is 3710. The third kappa shape index (κ3) is 5.12. The van der Waals surface area contributed by atoms with Crippen LogP contribution in [0.2, 0.25) is 0 Å². The van der Waals surface area contributed by atoms with Gasteiger partial charge >= 0.3 is 0 Å². The fraction of sp³-hybridized carbons (Fsp3) is 0. The van der Waals surface area contributed by atoms with Gasteiger partial charge in [-0.15, -0.1) is 0 Å². The zero-order valence-corrected chi connectivity index (χ0v) is 33.4. The van der Waals surface area contributed by atoms with Gasteiger partial charge in [0.2, 0.25) is 11.9 Å². The van der Waals surface area contributed by atoms with Gasteiger partial charge in [-0.25, -0.2) is 0 Å². The summed E-state index contributed by atoms with van der Waals surface area (Å²) in [4.78, 5) is 16.4. The number of rotatable bonds is 5. The summed E-state index contributed by atoms with van der Waals surface area (Å²) >= 11 is 0. The predicted octanol–water partition coefficient (Wildman–Crippen LogP) is 14.5. The monoisotopic (exact) mass is 789 g/mol. The first-order valence-electron chi connectivity index (χ1n) is 21.0. The van der Waals surface area contributed by atoms with E-state index in [1.54, 1.807) is 0 Å². The van der Waals surface area contributed by atoms with Crippen LogP contribution in [0.5, 0.6) is 0 Å². The van der Waals surface area contributed by atoms with Gasteiger partial charge in [0, 0.05) is 27.1 Å². The first kappa shape index (κ1) is 34.5. The van der Waals surface area contributed by atoms with Crippen molar-refractivity contribution in [1.82, 2.24) is 24.1 Å². The van der Waals surface area contributed by atoms with Crippen LogP contribution in [0.25, 0.3) is 121 Å². The molecular weight excluding hydrogens is 755 g/mol. The second-order valence-electron chi connectivity index (χ2n) is 15.9. The highest BCUT2D eigenvalue weighted by Gasteiger charge is 2.23. The SMILES string of the molecule is c1ccc(-c2cccc3c2c2ccccc2n3-c2nc(-c3ccc4c5ccccc5c5ccccc5c4c3)nc(-n3c4ccccc4c4c(-c5ccccc5)cccc43)n2)cc1. The molecule has 0 N–H and O–H groups in total. The van der Waals surface area contributed by atoms with Crippen LogP contribution in [0.1, 0.15) is 0 Å². The van der Waals surface area contributed by atoms with Crippen molar-refractivity contribution in [3.63, 3.8) is 0 Å². The molecule has 0 unspecified atom stereocenters. The molecule has 288 valence electrons. The standard InChI is InChI=1S/C57H35N5/c1-3-17-36(18-4-1)39-27-15-31-51-53(39)46-25-11-13-29-49(46)61(51)56-58-55(38-33-34-45-43-23-8-7-21-41(43)42-22-9-10-24-44(42)48(45)35-38)59-57(60-56)62-50-30-14-12-26-47(50)54-40(28-16-32-52(54)62)37-19-5-2-6-20-37/h1-35H. The Hall–Kier alpha value is -8.41. The number of aromatic nitrogens is 5. The molecule has 10 aromatic carbocycles. The molecule has 0 saturated carbocycles. The number of para-hydroxylation sites is 2. The van der Waals surface area contributed by atoms with Crippen molar-refractivity contribution in [2.24, 2.45) is 0 Å². The molecule has 13 aromatic rings. The van der Waals surface area contributed by atoms with Crippen LogP contribution in [0, 0.1) is 0 Å². The van der Waals surface area contributed by atoms with Crippen molar-refractivity contribution in [3.8, 4) is 45.5 Å². The van der Waals surface area contributed by atoms with Crippen molar-refractivity contribution in [1.29, 1.82) is 0 Å². The molecular formula is C57H35N5. The number of benzene rings is 10. The van der Waals surface area contributed by atoms with Gasteiger partial charge in [0.1, 0.15) is 0 Å². The van der Waals surface area contributed by atoms with E-state index in [2.05, 4.69) is 221 Å². The normalized spacial score (nSPS) is 11.9. The summed E-state index contributed by atoms with van der Waals surface area (Å²) in [5.41, 5.74) is 9.67. The van der Waals surface area contributed by atoms with Crippen molar-refractivity contribution in [2.45, 2.75) is 0 Å². The van der Waals surface area contributed by atoms with Gasteiger partial charge < -0.3 is 0 Å². The van der Waals surface area contributed by atoms with Crippen LogP contribution >= 0.6 is 0 Å². The fourth-order valence-electron chi connectivity index (χ4n) is 9.92. The number of hydrogen-bond acceptors (Lipinski definition) is 3. The summed E-state index contributed by atoms with van der Waals surface area (Å²) in [6.07, 6.45) is 0. The molecule has 0 spiro atoms. The van der Waals surface area contributed by atoms with E-state index in [0.717, 1.165) is 76.8 Å². The molecule has 0 saturated heterocycles. The molecule has 13 rings (SSSR count). The average molecular weight is 790 g/mol. The summed E-state index contributed by atoms with van der Waals surface area (Å²) in [6, 6.07) is 75.6. The van der Waals surface area contributed by atoms with Crippen LogP contribution in [-0.2, 0) is 0 Å². The molecule has 0 aliphatic heterocycles. The zero-order valence-electron chi connectivity index (χ0n) is 33.4. The number of hydrogen-bond donors (Lipinski definition) is 0. The summed E-state index contributed by atoms with van der Waals surface area (Å²) in [5, 5.41) is 11.8.